The molecule has 31 heavy (non-hydrogen) atoms. The van der Waals surface area contributed by atoms with Crippen molar-refractivity contribution in [3.63, 3.8) is 0 Å². The maximum absolute atomic E-state index is 13.1. The van der Waals surface area contributed by atoms with Crippen LogP contribution in [0.1, 0.15) is 49.7 Å². The van der Waals surface area contributed by atoms with Crippen LogP contribution in [0.4, 0.5) is 10.5 Å². The number of rotatable bonds is 5. The van der Waals surface area contributed by atoms with E-state index >= 15 is 0 Å². The van der Waals surface area contributed by atoms with E-state index in [1.54, 1.807) is 4.90 Å². The van der Waals surface area contributed by atoms with Crippen molar-refractivity contribution in [3.8, 4) is 0 Å². The molecule has 8 heteroatoms. The van der Waals surface area contributed by atoms with Crippen LogP contribution in [0.15, 0.2) is 18.2 Å². The minimum Gasteiger partial charge on any atom is -0.469 e. The van der Waals surface area contributed by atoms with Crippen molar-refractivity contribution in [1.29, 1.82) is 0 Å². The molecule has 2 heterocycles. The summed E-state index contributed by atoms with van der Waals surface area (Å²) in [6.45, 7) is 2.04. The predicted octanol–water partition coefficient (Wildman–Crippen LogP) is 3.08. The lowest BCUT2D eigenvalue weighted by Crippen LogP contribution is -2.43. The van der Waals surface area contributed by atoms with Crippen molar-refractivity contribution in [1.82, 2.24) is 10.2 Å². The van der Waals surface area contributed by atoms with Gasteiger partial charge in [-0.05, 0) is 87.2 Å². The summed E-state index contributed by atoms with van der Waals surface area (Å²) in [5, 5.41) is 3.40. The number of carbonyl (C=O) groups is 3. The third-order valence-corrected chi connectivity index (χ3v) is 6.81. The SMILES string of the molecule is COC(=O)CCC1CCC(N2C(=O)CN(c3ccc4c(c3)CCNCC4)C2=O)CC1.Cl. The molecule has 0 spiro atoms. The Labute approximate surface area is 189 Å². The largest absolute Gasteiger partial charge is 0.469 e. The predicted molar refractivity (Wildman–Crippen MR) is 121 cm³/mol. The molecule has 1 aromatic rings. The average molecular weight is 450 g/mol. The highest BCUT2D eigenvalue weighted by atomic mass is 35.5. The number of methoxy groups -OCH3 is 1. The number of amides is 3. The fourth-order valence-corrected chi connectivity index (χ4v) is 5.02. The molecule has 1 aromatic carbocycles. The van der Waals surface area contributed by atoms with E-state index in [-0.39, 0.29) is 42.9 Å². The van der Waals surface area contributed by atoms with Gasteiger partial charge in [0.2, 0.25) is 0 Å². The zero-order valence-electron chi connectivity index (χ0n) is 18.1. The molecule has 0 aromatic heterocycles. The molecule has 0 bridgehead atoms. The molecule has 3 amide bonds. The van der Waals surface area contributed by atoms with Crippen LogP contribution in [-0.4, -0.2) is 55.6 Å². The van der Waals surface area contributed by atoms with Crippen LogP contribution < -0.4 is 10.2 Å². The van der Waals surface area contributed by atoms with Crippen LogP contribution in [0.5, 0.6) is 0 Å². The lowest BCUT2D eigenvalue weighted by Gasteiger charge is -2.33. The first-order valence-corrected chi connectivity index (χ1v) is 11.1. The van der Waals surface area contributed by atoms with Gasteiger partial charge in [0.25, 0.3) is 5.91 Å². The fourth-order valence-electron chi connectivity index (χ4n) is 5.02. The summed E-state index contributed by atoms with van der Waals surface area (Å²) in [5.74, 6) is 0.186. The molecular weight excluding hydrogens is 418 g/mol. The number of hydrogen-bond donors (Lipinski definition) is 1. The standard InChI is InChI=1S/C23H31N3O4.ClH/c1-30-22(28)9-4-16-2-6-19(7-3-16)26-21(27)15-25(23(26)29)20-8-5-17-10-12-24-13-11-18(17)14-20;/h5,8,14,16,19,24H,2-4,6-7,9-13,15H2,1H3;1H. The van der Waals surface area contributed by atoms with Crippen molar-refractivity contribution in [2.45, 2.75) is 57.4 Å². The molecule has 7 nitrogen and oxygen atoms in total. The normalized spacial score (nSPS) is 23.8. The average Bonchev–Trinajstić information content (AvgIpc) is 2.93. The van der Waals surface area contributed by atoms with Gasteiger partial charge in [0.15, 0.2) is 0 Å². The molecule has 2 fully saturated rings. The second-order valence-corrected chi connectivity index (χ2v) is 8.62. The number of ether oxygens (including phenoxy) is 1. The Morgan fingerprint density at radius 1 is 1.10 bits per heavy atom. The number of esters is 1. The Hall–Kier alpha value is -2.12. The number of halogens is 1. The minimum atomic E-state index is -0.190. The Bertz CT molecular complexity index is 823. The van der Waals surface area contributed by atoms with Crippen LogP contribution >= 0.6 is 12.4 Å². The summed E-state index contributed by atoms with van der Waals surface area (Å²) < 4.78 is 4.72. The Balaban J connectivity index is 0.00000272. The highest BCUT2D eigenvalue weighted by Gasteiger charge is 2.42. The molecule has 0 atom stereocenters. The van der Waals surface area contributed by atoms with E-state index < -0.39 is 0 Å². The van der Waals surface area contributed by atoms with Crippen molar-refractivity contribution >= 4 is 36.0 Å². The zero-order chi connectivity index (χ0) is 21.1. The summed E-state index contributed by atoms with van der Waals surface area (Å²) >= 11 is 0. The van der Waals surface area contributed by atoms with Gasteiger partial charge < -0.3 is 10.1 Å². The molecular formula is C23H32ClN3O4. The number of nitrogens with zero attached hydrogens (tertiary/aromatic N) is 2. The fraction of sp³-hybridized carbons (Fsp3) is 0.609. The number of fused-ring (bicyclic) bond motifs is 1. The number of nitrogens with one attached hydrogen (secondary N) is 1. The number of carbonyl (C=O) groups excluding carboxylic acids is 3. The summed E-state index contributed by atoms with van der Waals surface area (Å²) in [4.78, 5) is 40.4. The van der Waals surface area contributed by atoms with Crippen LogP contribution in [0, 0.1) is 5.92 Å². The molecule has 3 aliphatic rings. The number of benzene rings is 1. The number of hydrogen-bond acceptors (Lipinski definition) is 5. The van der Waals surface area contributed by atoms with Crippen LogP contribution in [0.25, 0.3) is 0 Å². The van der Waals surface area contributed by atoms with Gasteiger partial charge in [0.1, 0.15) is 6.54 Å². The Kier molecular flexibility index (Phi) is 7.94. The van der Waals surface area contributed by atoms with E-state index in [0.29, 0.717) is 12.3 Å². The number of anilines is 1. The summed E-state index contributed by atoms with van der Waals surface area (Å²) in [6, 6.07) is 5.94. The van der Waals surface area contributed by atoms with E-state index in [9.17, 15) is 14.4 Å². The maximum atomic E-state index is 13.1. The van der Waals surface area contributed by atoms with Crippen molar-refractivity contribution < 1.29 is 19.1 Å². The van der Waals surface area contributed by atoms with Gasteiger partial charge in [-0.25, -0.2) is 4.79 Å². The first-order valence-electron chi connectivity index (χ1n) is 11.1. The molecule has 1 saturated heterocycles. The Morgan fingerprint density at radius 2 is 1.81 bits per heavy atom. The monoisotopic (exact) mass is 449 g/mol. The van der Waals surface area contributed by atoms with Crippen LogP contribution in [0.2, 0.25) is 0 Å². The maximum Gasteiger partial charge on any atom is 0.331 e. The lowest BCUT2D eigenvalue weighted by molar-refractivity contribution is -0.141. The topological polar surface area (TPSA) is 79.0 Å². The molecule has 2 aliphatic heterocycles. The third-order valence-electron chi connectivity index (χ3n) is 6.81. The van der Waals surface area contributed by atoms with Gasteiger partial charge in [-0.15, -0.1) is 12.4 Å². The second-order valence-electron chi connectivity index (χ2n) is 8.62. The van der Waals surface area contributed by atoms with E-state index in [1.165, 1.54) is 23.1 Å². The minimum absolute atomic E-state index is 0. The summed E-state index contributed by atoms with van der Waals surface area (Å²) in [6.07, 6.45) is 6.69. The van der Waals surface area contributed by atoms with Gasteiger partial charge >= 0.3 is 12.0 Å². The van der Waals surface area contributed by atoms with Crippen LogP contribution in [-0.2, 0) is 27.2 Å². The summed E-state index contributed by atoms with van der Waals surface area (Å²) in [5.41, 5.74) is 3.41. The van der Waals surface area contributed by atoms with E-state index in [0.717, 1.165) is 63.7 Å². The summed E-state index contributed by atoms with van der Waals surface area (Å²) in [7, 11) is 1.41. The van der Waals surface area contributed by atoms with Gasteiger partial charge in [0, 0.05) is 18.2 Å². The van der Waals surface area contributed by atoms with Gasteiger partial charge in [0.05, 0.1) is 7.11 Å². The van der Waals surface area contributed by atoms with E-state index in [4.69, 9.17) is 4.74 Å². The second kappa shape index (κ2) is 10.5. The molecule has 1 saturated carbocycles. The van der Waals surface area contributed by atoms with Gasteiger partial charge in [-0.3, -0.25) is 19.4 Å². The van der Waals surface area contributed by atoms with E-state index in [1.807, 2.05) is 6.07 Å². The third kappa shape index (κ3) is 5.21. The number of urea groups is 1. The smallest absolute Gasteiger partial charge is 0.331 e. The van der Waals surface area contributed by atoms with Crippen LogP contribution in [0.3, 0.4) is 0 Å². The molecule has 0 unspecified atom stereocenters. The molecule has 4 rings (SSSR count). The quantitative estimate of drug-likeness (QED) is 0.552. The van der Waals surface area contributed by atoms with Crippen molar-refractivity contribution in [3.05, 3.63) is 29.3 Å². The lowest BCUT2D eigenvalue weighted by atomic mass is 9.83. The highest BCUT2D eigenvalue weighted by molar-refractivity contribution is 6.12. The van der Waals surface area contributed by atoms with Crippen molar-refractivity contribution in [2.24, 2.45) is 5.92 Å². The van der Waals surface area contributed by atoms with Crippen molar-refractivity contribution in [2.75, 3.05) is 31.6 Å². The first-order chi connectivity index (χ1) is 14.6. The molecule has 1 aliphatic carbocycles. The molecule has 0 radical (unpaired) electrons. The van der Waals surface area contributed by atoms with E-state index in [2.05, 4.69) is 17.4 Å². The first kappa shape index (κ1) is 23.5. The number of imide groups is 1. The zero-order valence-corrected chi connectivity index (χ0v) is 18.9. The van der Waals surface area contributed by atoms with Gasteiger partial charge in [-0.1, -0.05) is 6.07 Å². The highest BCUT2D eigenvalue weighted by Crippen LogP contribution is 2.34. The Morgan fingerprint density at radius 3 is 2.52 bits per heavy atom. The molecule has 1 N–H and O–H groups in total. The van der Waals surface area contributed by atoms with Gasteiger partial charge in [-0.2, -0.15) is 0 Å². The molecule has 170 valence electrons.